The summed E-state index contributed by atoms with van der Waals surface area (Å²) in [4.78, 5) is 30.8. The molecule has 2 amide bonds. The van der Waals surface area contributed by atoms with Crippen LogP contribution >= 0.6 is 0 Å². The van der Waals surface area contributed by atoms with Crippen molar-refractivity contribution in [1.29, 1.82) is 0 Å². The van der Waals surface area contributed by atoms with Gasteiger partial charge in [-0.05, 0) is 29.7 Å². The molecule has 4 rings (SSSR count). The van der Waals surface area contributed by atoms with Crippen LogP contribution in [0.25, 0.3) is 11.1 Å². The fourth-order valence-corrected chi connectivity index (χ4v) is 3.75. The molecule has 1 aliphatic rings. The maximum Gasteiger partial charge on any atom is 0.226 e. The SMILES string of the molecule is CC(=O)N1CCc2ccccc2C1CC(=O)Nc1ccc2nc(C)oc2c1. The molecule has 0 radical (unpaired) electrons. The smallest absolute Gasteiger partial charge is 0.226 e. The number of oxazole rings is 1. The molecule has 1 unspecified atom stereocenters. The monoisotopic (exact) mass is 363 g/mol. The van der Waals surface area contributed by atoms with Gasteiger partial charge in [-0.3, -0.25) is 9.59 Å². The second-order valence-corrected chi connectivity index (χ2v) is 6.84. The molecular weight excluding hydrogens is 342 g/mol. The van der Waals surface area contributed by atoms with Crippen LogP contribution in [0.5, 0.6) is 0 Å². The van der Waals surface area contributed by atoms with Crippen molar-refractivity contribution in [2.24, 2.45) is 0 Å². The first-order valence-corrected chi connectivity index (χ1v) is 9.03. The molecule has 6 heteroatoms. The average molecular weight is 363 g/mol. The maximum atomic E-state index is 12.7. The molecular formula is C21H21N3O3. The van der Waals surface area contributed by atoms with Gasteiger partial charge in [-0.15, -0.1) is 0 Å². The number of aryl methyl sites for hydroxylation is 1. The molecule has 6 nitrogen and oxygen atoms in total. The van der Waals surface area contributed by atoms with Crippen LogP contribution in [0.2, 0.25) is 0 Å². The van der Waals surface area contributed by atoms with Crippen molar-refractivity contribution in [3.05, 3.63) is 59.5 Å². The van der Waals surface area contributed by atoms with Gasteiger partial charge in [0.2, 0.25) is 11.8 Å². The number of carbonyl (C=O) groups is 2. The molecule has 1 aliphatic heterocycles. The third-order valence-electron chi connectivity index (χ3n) is 4.97. The molecule has 0 saturated heterocycles. The number of nitrogens with zero attached hydrogens (tertiary/aromatic N) is 2. The highest BCUT2D eigenvalue weighted by Gasteiger charge is 2.30. The number of hydrogen-bond acceptors (Lipinski definition) is 4. The predicted molar refractivity (Wildman–Crippen MR) is 102 cm³/mol. The Kier molecular flexibility index (Phi) is 4.39. The van der Waals surface area contributed by atoms with Gasteiger partial charge >= 0.3 is 0 Å². The quantitative estimate of drug-likeness (QED) is 0.771. The number of amides is 2. The number of benzene rings is 2. The minimum Gasteiger partial charge on any atom is -0.441 e. The summed E-state index contributed by atoms with van der Waals surface area (Å²) in [6.45, 7) is 3.97. The van der Waals surface area contributed by atoms with Crippen LogP contribution in [0.15, 0.2) is 46.9 Å². The molecule has 138 valence electrons. The Morgan fingerprint density at radius 3 is 2.89 bits per heavy atom. The number of nitrogens with one attached hydrogen (secondary N) is 1. The van der Waals surface area contributed by atoms with E-state index in [9.17, 15) is 9.59 Å². The zero-order chi connectivity index (χ0) is 19.0. The number of fused-ring (bicyclic) bond motifs is 2. The highest BCUT2D eigenvalue weighted by Crippen LogP contribution is 2.32. The lowest BCUT2D eigenvalue weighted by Crippen LogP contribution is -2.40. The van der Waals surface area contributed by atoms with E-state index >= 15 is 0 Å². The first kappa shape index (κ1) is 17.3. The van der Waals surface area contributed by atoms with Gasteiger partial charge in [0, 0.05) is 32.1 Å². The van der Waals surface area contributed by atoms with Crippen molar-refractivity contribution in [2.45, 2.75) is 32.7 Å². The lowest BCUT2D eigenvalue weighted by atomic mass is 9.90. The molecule has 1 aromatic heterocycles. The molecule has 3 aromatic rings. The van der Waals surface area contributed by atoms with Crippen molar-refractivity contribution < 1.29 is 14.0 Å². The van der Waals surface area contributed by atoms with Gasteiger partial charge in [-0.1, -0.05) is 24.3 Å². The number of carbonyl (C=O) groups excluding carboxylic acids is 2. The van der Waals surface area contributed by atoms with Gasteiger partial charge in [0.15, 0.2) is 11.5 Å². The molecule has 0 bridgehead atoms. The zero-order valence-corrected chi connectivity index (χ0v) is 15.4. The van der Waals surface area contributed by atoms with Crippen molar-refractivity contribution in [1.82, 2.24) is 9.88 Å². The summed E-state index contributed by atoms with van der Waals surface area (Å²) in [5.41, 5.74) is 4.30. The van der Waals surface area contributed by atoms with E-state index in [0.717, 1.165) is 17.5 Å². The van der Waals surface area contributed by atoms with Crippen LogP contribution in [0, 0.1) is 6.92 Å². The van der Waals surface area contributed by atoms with E-state index in [4.69, 9.17) is 4.42 Å². The maximum absolute atomic E-state index is 12.7. The van der Waals surface area contributed by atoms with Gasteiger partial charge in [0.05, 0.1) is 12.5 Å². The fraction of sp³-hybridized carbons (Fsp3) is 0.286. The first-order chi connectivity index (χ1) is 13.0. The van der Waals surface area contributed by atoms with Gasteiger partial charge in [-0.2, -0.15) is 0 Å². The Morgan fingerprint density at radius 2 is 2.07 bits per heavy atom. The minimum atomic E-state index is -0.247. The lowest BCUT2D eigenvalue weighted by molar-refractivity contribution is -0.132. The van der Waals surface area contributed by atoms with Crippen molar-refractivity contribution >= 4 is 28.6 Å². The number of anilines is 1. The fourth-order valence-electron chi connectivity index (χ4n) is 3.75. The van der Waals surface area contributed by atoms with Crippen molar-refractivity contribution in [3.63, 3.8) is 0 Å². The number of aromatic nitrogens is 1. The van der Waals surface area contributed by atoms with Gasteiger partial charge < -0.3 is 14.6 Å². The topological polar surface area (TPSA) is 75.4 Å². The van der Waals surface area contributed by atoms with Crippen molar-refractivity contribution in [2.75, 3.05) is 11.9 Å². The Labute approximate surface area is 157 Å². The van der Waals surface area contributed by atoms with E-state index in [0.29, 0.717) is 23.7 Å². The molecule has 0 spiro atoms. The van der Waals surface area contributed by atoms with E-state index < -0.39 is 0 Å². The second kappa shape index (κ2) is 6.87. The third-order valence-corrected chi connectivity index (χ3v) is 4.97. The highest BCUT2D eigenvalue weighted by atomic mass is 16.3. The van der Waals surface area contributed by atoms with Gasteiger partial charge in [-0.25, -0.2) is 4.98 Å². The van der Waals surface area contributed by atoms with E-state index in [1.807, 2.05) is 24.3 Å². The molecule has 0 saturated carbocycles. The molecule has 1 N–H and O–H groups in total. The Balaban J connectivity index is 1.55. The second-order valence-electron chi connectivity index (χ2n) is 6.84. The Bertz CT molecular complexity index is 1020. The van der Waals surface area contributed by atoms with E-state index in [-0.39, 0.29) is 24.3 Å². The van der Waals surface area contributed by atoms with E-state index in [2.05, 4.69) is 16.4 Å². The van der Waals surface area contributed by atoms with Crippen LogP contribution in [0.4, 0.5) is 5.69 Å². The number of hydrogen-bond donors (Lipinski definition) is 1. The summed E-state index contributed by atoms with van der Waals surface area (Å²) in [7, 11) is 0. The van der Waals surface area contributed by atoms with Crippen LogP contribution < -0.4 is 5.32 Å². The van der Waals surface area contributed by atoms with Crippen LogP contribution in [0.1, 0.15) is 36.4 Å². The van der Waals surface area contributed by atoms with Gasteiger partial charge in [0.1, 0.15) is 5.52 Å². The average Bonchev–Trinajstić information content (AvgIpc) is 3.01. The number of rotatable bonds is 3. The molecule has 0 fully saturated rings. The van der Waals surface area contributed by atoms with Gasteiger partial charge in [0.25, 0.3) is 0 Å². The minimum absolute atomic E-state index is 0.0131. The molecule has 2 aromatic carbocycles. The summed E-state index contributed by atoms with van der Waals surface area (Å²) >= 11 is 0. The summed E-state index contributed by atoms with van der Waals surface area (Å²) in [6, 6.07) is 13.2. The van der Waals surface area contributed by atoms with Crippen LogP contribution in [-0.2, 0) is 16.0 Å². The lowest BCUT2D eigenvalue weighted by Gasteiger charge is -2.36. The summed E-state index contributed by atoms with van der Waals surface area (Å²) in [5, 5.41) is 2.92. The molecule has 2 heterocycles. The van der Waals surface area contributed by atoms with Crippen LogP contribution in [0.3, 0.4) is 0 Å². The van der Waals surface area contributed by atoms with Crippen molar-refractivity contribution in [3.8, 4) is 0 Å². The first-order valence-electron chi connectivity index (χ1n) is 9.03. The summed E-state index contributed by atoms with van der Waals surface area (Å²) in [6.07, 6.45) is 1.03. The molecule has 27 heavy (non-hydrogen) atoms. The van der Waals surface area contributed by atoms with Crippen LogP contribution in [-0.4, -0.2) is 28.2 Å². The molecule has 0 aliphatic carbocycles. The Hall–Kier alpha value is -3.15. The largest absolute Gasteiger partial charge is 0.441 e. The Morgan fingerprint density at radius 1 is 1.26 bits per heavy atom. The van der Waals surface area contributed by atoms with E-state index in [1.165, 1.54) is 5.56 Å². The zero-order valence-electron chi connectivity index (χ0n) is 15.4. The standard InChI is InChI=1S/C21H21N3O3/c1-13-22-18-8-7-16(11-20(18)27-13)23-21(26)12-19-17-6-4-3-5-15(17)9-10-24(19)14(2)25/h3-8,11,19H,9-10,12H2,1-2H3,(H,23,26). The summed E-state index contributed by atoms with van der Waals surface area (Å²) in [5.74, 6) is 0.434. The highest BCUT2D eigenvalue weighted by molar-refractivity contribution is 5.93. The van der Waals surface area contributed by atoms with E-state index in [1.54, 1.807) is 30.9 Å². The predicted octanol–water partition coefficient (Wildman–Crippen LogP) is 3.61. The third kappa shape index (κ3) is 3.43. The normalized spacial score (nSPS) is 16.2. The summed E-state index contributed by atoms with van der Waals surface area (Å²) < 4.78 is 5.52. The molecule has 1 atom stereocenters.